The smallest absolute Gasteiger partial charge is 0.323 e. The van der Waals surface area contributed by atoms with E-state index >= 15 is 0 Å². The van der Waals surface area contributed by atoms with Crippen molar-refractivity contribution < 1.29 is 14.3 Å². The van der Waals surface area contributed by atoms with E-state index in [-0.39, 0.29) is 6.03 Å². The van der Waals surface area contributed by atoms with Crippen molar-refractivity contribution in [3.63, 3.8) is 0 Å². The highest BCUT2D eigenvalue weighted by atomic mass is 16.5. The number of carbonyl (C=O) groups is 1. The molecule has 0 aliphatic rings. The van der Waals surface area contributed by atoms with Gasteiger partial charge in [0.1, 0.15) is 17.2 Å². The summed E-state index contributed by atoms with van der Waals surface area (Å²) in [5.41, 5.74) is 2.33. The van der Waals surface area contributed by atoms with E-state index in [1.165, 1.54) is 0 Å². The van der Waals surface area contributed by atoms with E-state index < -0.39 is 0 Å². The Kier molecular flexibility index (Phi) is 5.39. The second kappa shape index (κ2) is 8.07. The summed E-state index contributed by atoms with van der Waals surface area (Å²) in [5, 5.41) is 5.63. The van der Waals surface area contributed by atoms with Crippen molar-refractivity contribution in [1.82, 2.24) is 0 Å². The molecule has 3 rings (SSSR count). The van der Waals surface area contributed by atoms with E-state index in [1.807, 2.05) is 49.4 Å². The number of rotatable bonds is 5. The number of anilines is 2. The fourth-order valence-corrected chi connectivity index (χ4v) is 2.42. The predicted molar refractivity (Wildman–Crippen MR) is 103 cm³/mol. The molecule has 132 valence electrons. The molecular weight excluding hydrogens is 328 g/mol. The van der Waals surface area contributed by atoms with E-state index in [0.29, 0.717) is 11.4 Å². The monoisotopic (exact) mass is 348 g/mol. The maximum Gasteiger partial charge on any atom is 0.323 e. The highest BCUT2D eigenvalue weighted by molar-refractivity contribution is 6.00. The molecule has 0 aliphatic carbocycles. The van der Waals surface area contributed by atoms with Crippen molar-refractivity contribution in [2.45, 2.75) is 6.92 Å². The van der Waals surface area contributed by atoms with Crippen LogP contribution in [0.15, 0.2) is 72.8 Å². The molecule has 0 saturated heterocycles. The summed E-state index contributed by atoms with van der Waals surface area (Å²) in [4.78, 5) is 12.2. The van der Waals surface area contributed by atoms with Crippen LogP contribution in [-0.4, -0.2) is 13.1 Å². The number of amides is 2. The molecule has 5 nitrogen and oxygen atoms in total. The first kappa shape index (κ1) is 17.4. The Morgan fingerprint density at radius 3 is 2.12 bits per heavy atom. The second-order valence-corrected chi connectivity index (χ2v) is 5.70. The van der Waals surface area contributed by atoms with Crippen LogP contribution in [0.1, 0.15) is 5.56 Å². The molecule has 0 bridgehead atoms. The average molecular weight is 348 g/mol. The molecule has 0 saturated carbocycles. The maximum absolute atomic E-state index is 12.2. The molecule has 0 fully saturated rings. The van der Waals surface area contributed by atoms with E-state index in [9.17, 15) is 4.79 Å². The van der Waals surface area contributed by atoms with Gasteiger partial charge < -0.3 is 20.1 Å². The number of aryl methyl sites for hydroxylation is 1. The minimum absolute atomic E-state index is 0.310. The molecule has 0 unspecified atom stereocenters. The van der Waals surface area contributed by atoms with Crippen LogP contribution >= 0.6 is 0 Å². The summed E-state index contributed by atoms with van der Waals surface area (Å²) < 4.78 is 10.9. The van der Waals surface area contributed by atoms with Crippen molar-refractivity contribution in [1.29, 1.82) is 0 Å². The normalized spacial score (nSPS) is 10.1. The summed E-state index contributed by atoms with van der Waals surface area (Å²) >= 11 is 0. The van der Waals surface area contributed by atoms with Crippen LogP contribution in [0.25, 0.3) is 0 Å². The van der Waals surface area contributed by atoms with Crippen LogP contribution in [0.4, 0.5) is 16.2 Å². The zero-order valence-corrected chi connectivity index (χ0v) is 14.7. The summed E-state index contributed by atoms with van der Waals surface area (Å²) in [6, 6.07) is 21.9. The molecule has 0 spiro atoms. The van der Waals surface area contributed by atoms with E-state index in [4.69, 9.17) is 9.47 Å². The molecule has 2 N–H and O–H groups in total. The van der Waals surface area contributed by atoms with Crippen molar-refractivity contribution in [3.8, 4) is 17.2 Å². The largest absolute Gasteiger partial charge is 0.497 e. The lowest BCUT2D eigenvalue weighted by atomic mass is 10.2. The van der Waals surface area contributed by atoms with Gasteiger partial charge in [-0.15, -0.1) is 0 Å². The van der Waals surface area contributed by atoms with E-state index in [2.05, 4.69) is 10.6 Å². The molecule has 0 heterocycles. The van der Waals surface area contributed by atoms with Gasteiger partial charge in [0.05, 0.1) is 7.11 Å². The van der Waals surface area contributed by atoms with Gasteiger partial charge in [-0.2, -0.15) is 0 Å². The van der Waals surface area contributed by atoms with Crippen molar-refractivity contribution in [2.75, 3.05) is 17.7 Å². The van der Waals surface area contributed by atoms with Gasteiger partial charge in [0, 0.05) is 11.4 Å². The van der Waals surface area contributed by atoms with Gasteiger partial charge in [-0.3, -0.25) is 0 Å². The lowest BCUT2D eigenvalue weighted by Crippen LogP contribution is -2.19. The standard InChI is InChI=1S/C21H20N2O3/c1-15-14-19(25-2)12-13-20(15)23-21(24)22-16-8-10-18(11-9-16)26-17-6-4-3-5-7-17/h3-14H,1-2H3,(H2,22,23,24). The minimum atomic E-state index is -0.310. The number of hydrogen-bond acceptors (Lipinski definition) is 3. The Morgan fingerprint density at radius 1 is 0.808 bits per heavy atom. The zero-order chi connectivity index (χ0) is 18.4. The minimum Gasteiger partial charge on any atom is -0.497 e. The molecule has 3 aromatic carbocycles. The lowest BCUT2D eigenvalue weighted by molar-refractivity contribution is 0.262. The average Bonchev–Trinajstić information content (AvgIpc) is 2.66. The van der Waals surface area contributed by atoms with Crippen molar-refractivity contribution >= 4 is 17.4 Å². The fraction of sp³-hybridized carbons (Fsp3) is 0.0952. The summed E-state index contributed by atoms with van der Waals surface area (Å²) in [6.45, 7) is 1.91. The van der Waals surface area contributed by atoms with Gasteiger partial charge in [0.25, 0.3) is 0 Å². The Balaban J connectivity index is 1.59. The van der Waals surface area contributed by atoms with E-state index in [1.54, 1.807) is 37.4 Å². The molecular formula is C21H20N2O3. The Morgan fingerprint density at radius 2 is 1.46 bits per heavy atom. The van der Waals surface area contributed by atoms with Crippen LogP contribution in [0.2, 0.25) is 0 Å². The number of carbonyl (C=O) groups excluding carboxylic acids is 1. The van der Waals surface area contributed by atoms with Crippen LogP contribution in [0.3, 0.4) is 0 Å². The lowest BCUT2D eigenvalue weighted by Gasteiger charge is -2.11. The first-order valence-corrected chi connectivity index (χ1v) is 8.19. The number of para-hydroxylation sites is 1. The van der Waals surface area contributed by atoms with Gasteiger partial charge in [-0.25, -0.2) is 4.79 Å². The number of ether oxygens (including phenoxy) is 2. The van der Waals surface area contributed by atoms with Gasteiger partial charge in [-0.1, -0.05) is 18.2 Å². The first-order chi connectivity index (χ1) is 12.6. The number of benzene rings is 3. The molecule has 0 aromatic heterocycles. The number of nitrogens with one attached hydrogen (secondary N) is 2. The van der Waals surface area contributed by atoms with Crippen LogP contribution < -0.4 is 20.1 Å². The van der Waals surface area contributed by atoms with Crippen LogP contribution in [-0.2, 0) is 0 Å². The summed E-state index contributed by atoms with van der Waals surface area (Å²) in [6.07, 6.45) is 0. The van der Waals surface area contributed by atoms with Gasteiger partial charge >= 0.3 is 6.03 Å². The van der Waals surface area contributed by atoms with E-state index in [0.717, 1.165) is 22.7 Å². The Bertz CT molecular complexity index is 878. The first-order valence-electron chi connectivity index (χ1n) is 8.19. The van der Waals surface area contributed by atoms with Crippen LogP contribution in [0, 0.1) is 6.92 Å². The number of urea groups is 1. The van der Waals surface area contributed by atoms with Gasteiger partial charge in [-0.05, 0) is 67.1 Å². The highest BCUT2D eigenvalue weighted by Gasteiger charge is 2.06. The third-order valence-corrected chi connectivity index (χ3v) is 3.77. The zero-order valence-electron chi connectivity index (χ0n) is 14.7. The summed E-state index contributed by atoms with van der Waals surface area (Å²) in [5.74, 6) is 2.22. The third kappa shape index (κ3) is 4.54. The second-order valence-electron chi connectivity index (χ2n) is 5.70. The molecule has 26 heavy (non-hydrogen) atoms. The number of methoxy groups -OCH3 is 1. The van der Waals surface area contributed by atoms with Crippen molar-refractivity contribution in [2.24, 2.45) is 0 Å². The Hall–Kier alpha value is -3.47. The topological polar surface area (TPSA) is 59.6 Å². The molecule has 0 aliphatic heterocycles. The maximum atomic E-state index is 12.2. The predicted octanol–water partition coefficient (Wildman–Crippen LogP) is 5.44. The van der Waals surface area contributed by atoms with Gasteiger partial charge in [0.2, 0.25) is 0 Å². The molecule has 0 radical (unpaired) electrons. The molecule has 2 amide bonds. The van der Waals surface area contributed by atoms with Crippen molar-refractivity contribution in [3.05, 3.63) is 78.4 Å². The summed E-state index contributed by atoms with van der Waals surface area (Å²) in [7, 11) is 1.61. The Labute approximate surface area is 152 Å². The quantitative estimate of drug-likeness (QED) is 0.645. The highest BCUT2D eigenvalue weighted by Crippen LogP contribution is 2.23. The van der Waals surface area contributed by atoms with Crippen LogP contribution in [0.5, 0.6) is 17.2 Å². The fourth-order valence-electron chi connectivity index (χ4n) is 2.42. The van der Waals surface area contributed by atoms with Gasteiger partial charge in [0.15, 0.2) is 0 Å². The number of hydrogen-bond donors (Lipinski definition) is 2. The SMILES string of the molecule is COc1ccc(NC(=O)Nc2ccc(Oc3ccccc3)cc2)c(C)c1. The third-order valence-electron chi connectivity index (χ3n) is 3.77. The molecule has 0 atom stereocenters. The molecule has 5 heteroatoms. The molecule has 3 aromatic rings.